The van der Waals surface area contributed by atoms with Crippen LogP contribution < -0.4 is 0 Å². The van der Waals surface area contributed by atoms with Gasteiger partial charge in [0, 0.05) is 0 Å². The zero-order valence-corrected chi connectivity index (χ0v) is 9.91. The van der Waals surface area contributed by atoms with E-state index in [0.717, 1.165) is 0 Å². The van der Waals surface area contributed by atoms with Gasteiger partial charge in [-0.05, 0) is 0 Å². The Kier molecular flexibility index (Phi) is 4.63. The van der Waals surface area contributed by atoms with Crippen molar-refractivity contribution in [3.8, 4) is 0 Å². The van der Waals surface area contributed by atoms with Gasteiger partial charge in [-0.15, -0.1) is 0 Å². The number of epoxide rings is 1. The molecule has 0 aliphatic carbocycles. The van der Waals surface area contributed by atoms with E-state index in [0.29, 0.717) is 0 Å². The van der Waals surface area contributed by atoms with Crippen LogP contribution in [0.1, 0.15) is 0 Å². The van der Waals surface area contributed by atoms with Crippen LogP contribution in [-0.2, 0) is 9.47 Å². The largest absolute Gasteiger partial charge is 0.485 e. The van der Waals surface area contributed by atoms with Crippen molar-refractivity contribution < 1.29 is 57.8 Å². The fraction of sp³-hybridized carbons (Fsp3) is 0.778. The first-order valence-corrected chi connectivity index (χ1v) is 5.14. The first kappa shape index (κ1) is 18.8. The zero-order valence-electron chi connectivity index (χ0n) is 9.91. The van der Waals surface area contributed by atoms with Gasteiger partial charge in [0.2, 0.25) is 6.10 Å². The molecule has 1 aliphatic heterocycles. The number of halogens is 11. The fourth-order valence-electron chi connectivity index (χ4n) is 1.22. The molecule has 2 nitrogen and oxygen atoms in total. The second kappa shape index (κ2) is 5.42. The number of rotatable bonds is 4. The number of alkyl halides is 11. The molecule has 1 saturated heterocycles. The minimum atomic E-state index is -6.67. The summed E-state index contributed by atoms with van der Waals surface area (Å²) in [6, 6.07) is 0. The van der Waals surface area contributed by atoms with E-state index < -0.39 is 55.1 Å². The maximum atomic E-state index is 12.7. The van der Waals surface area contributed by atoms with Gasteiger partial charge in [-0.3, -0.25) is 0 Å². The van der Waals surface area contributed by atoms with Gasteiger partial charge in [0.05, 0.1) is 12.9 Å². The van der Waals surface area contributed by atoms with Gasteiger partial charge in [0.15, 0.2) is 0 Å². The molecular weight excluding hydrogens is 349 g/mol. The Morgan fingerprint density at radius 2 is 1.41 bits per heavy atom. The summed E-state index contributed by atoms with van der Waals surface area (Å²) in [5.74, 6) is -6.44. The van der Waals surface area contributed by atoms with Crippen molar-refractivity contribution in [3.05, 3.63) is 11.8 Å². The third kappa shape index (κ3) is 4.14. The normalized spacial score (nSPS) is 22.5. The molecule has 0 radical (unpaired) electrons. The maximum absolute atomic E-state index is 12.7. The molecule has 0 saturated carbocycles. The lowest BCUT2D eigenvalue weighted by molar-refractivity contribution is -0.283. The van der Waals surface area contributed by atoms with E-state index in [2.05, 4.69) is 9.47 Å². The summed E-state index contributed by atoms with van der Waals surface area (Å²) in [4.78, 5) is 0. The average Bonchev–Trinajstić information content (AvgIpc) is 3.01. The van der Waals surface area contributed by atoms with Crippen LogP contribution in [0, 0.1) is 0 Å². The molecule has 1 aliphatic rings. The highest BCUT2D eigenvalue weighted by atomic mass is 19.4. The quantitative estimate of drug-likeness (QED) is 0.433. The standard InChI is InChI=1S/C9H5F11O2/c10-6(11,9(18,19)20)4(7(12,13)14)2-22-5(3-1-21-3)8(15,16)17/h2-3,5H,1H2. The number of hydrogen-bond donors (Lipinski definition) is 0. The lowest BCUT2D eigenvalue weighted by Gasteiger charge is -2.25. The molecule has 0 spiro atoms. The molecule has 1 rings (SSSR count). The molecule has 1 fully saturated rings. The van der Waals surface area contributed by atoms with Gasteiger partial charge in [0.1, 0.15) is 11.7 Å². The SMILES string of the molecule is FC(F)(F)C(=COC(C1CO1)C(F)(F)F)C(F)(F)C(F)(F)F. The van der Waals surface area contributed by atoms with Crippen LogP contribution in [0.5, 0.6) is 0 Å². The van der Waals surface area contributed by atoms with Crippen LogP contribution in [0.15, 0.2) is 11.8 Å². The highest BCUT2D eigenvalue weighted by Gasteiger charge is 2.67. The topological polar surface area (TPSA) is 21.8 Å². The molecule has 0 amide bonds. The van der Waals surface area contributed by atoms with E-state index in [1.165, 1.54) is 0 Å². The third-order valence-electron chi connectivity index (χ3n) is 2.35. The van der Waals surface area contributed by atoms with Crippen LogP contribution in [0.2, 0.25) is 0 Å². The second-order valence-electron chi connectivity index (χ2n) is 4.07. The van der Waals surface area contributed by atoms with Crippen molar-refractivity contribution in [2.45, 2.75) is 36.7 Å². The van der Waals surface area contributed by atoms with Crippen molar-refractivity contribution in [1.82, 2.24) is 0 Å². The maximum Gasteiger partial charge on any atom is 0.458 e. The monoisotopic (exact) mass is 354 g/mol. The Labute approximate surface area is 114 Å². The lowest BCUT2D eigenvalue weighted by atomic mass is 10.1. The summed E-state index contributed by atoms with van der Waals surface area (Å²) >= 11 is 0. The van der Waals surface area contributed by atoms with E-state index >= 15 is 0 Å². The van der Waals surface area contributed by atoms with Crippen molar-refractivity contribution >= 4 is 0 Å². The molecule has 2 atom stereocenters. The number of ether oxygens (including phenoxy) is 2. The van der Waals surface area contributed by atoms with Gasteiger partial charge in [-0.25, -0.2) is 0 Å². The highest BCUT2D eigenvalue weighted by Crippen LogP contribution is 2.47. The summed E-state index contributed by atoms with van der Waals surface area (Å²) in [6.07, 6.45) is -24.4. The Bertz CT molecular complexity index is 426. The summed E-state index contributed by atoms with van der Waals surface area (Å²) < 4.78 is 143. The molecule has 1 heterocycles. The average molecular weight is 354 g/mol. The van der Waals surface area contributed by atoms with Gasteiger partial charge in [0.25, 0.3) is 0 Å². The van der Waals surface area contributed by atoms with Crippen molar-refractivity contribution in [1.29, 1.82) is 0 Å². The molecule has 0 aromatic heterocycles. The predicted octanol–water partition coefficient (Wildman–Crippen LogP) is 3.98. The van der Waals surface area contributed by atoms with E-state index in [1.807, 2.05) is 0 Å². The molecule has 13 heteroatoms. The van der Waals surface area contributed by atoms with Crippen molar-refractivity contribution in [2.75, 3.05) is 6.61 Å². The number of hydrogen-bond acceptors (Lipinski definition) is 2. The zero-order chi connectivity index (χ0) is 17.6. The highest BCUT2D eigenvalue weighted by molar-refractivity contribution is 5.19. The predicted molar refractivity (Wildman–Crippen MR) is 45.8 cm³/mol. The summed E-state index contributed by atoms with van der Waals surface area (Å²) in [5, 5.41) is 0. The van der Waals surface area contributed by atoms with Gasteiger partial charge in [-0.2, -0.15) is 48.3 Å². The third-order valence-corrected chi connectivity index (χ3v) is 2.35. The summed E-state index contributed by atoms with van der Waals surface area (Å²) in [6.45, 7) is -0.588. The molecular formula is C9H5F11O2. The molecule has 0 bridgehead atoms. The molecule has 2 unspecified atom stereocenters. The van der Waals surface area contributed by atoms with Crippen LogP contribution >= 0.6 is 0 Å². The van der Waals surface area contributed by atoms with Crippen LogP contribution in [0.3, 0.4) is 0 Å². The molecule has 0 aromatic carbocycles. The molecule has 0 N–H and O–H groups in total. The molecule has 0 aromatic rings. The molecule has 130 valence electrons. The van der Waals surface area contributed by atoms with Gasteiger partial charge >= 0.3 is 24.5 Å². The minimum absolute atomic E-state index is 0.588. The molecule has 22 heavy (non-hydrogen) atoms. The Balaban J connectivity index is 3.13. The Hall–Kier alpha value is -1.27. The second-order valence-corrected chi connectivity index (χ2v) is 4.07. The van der Waals surface area contributed by atoms with Crippen LogP contribution in [-0.4, -0.2) is 43.3 Å². The van der Waals surface area contributed by atoms with E-state index in [-0.39, 0.29) is 0 Å². The smallest absolute Gasteiger partial charge is 0.458 e. The van der Waals surface area contributed by atoms with Crippen LogP contribution in [0.25, 0.3) is 0 Å². The fourth-order valence-corrected chi connectivity index (χ4v) is 1.22. The van der Waals surface area contributed by atoms with E-state index in [4.69, 9.17) is 0 Å². The van der Waals surface area contributed by atoms with Crippen molar-refractivity contribution in [2.24, 2.45) is 0 Å². The van der Waals surface area contributed by atoms with E-state index in [1.54, 1.807) is 0 Å². The Morgan fingerprint density at radius 3 is 1.68 bits per heavy atom. The minimum Gasteiger partial charge on any atom is -0.485 e. The summed E-state index contributed by atoms with van der Waals surface area (Å²) in [7, 11) is 0. The van der Waals surface area contributed by atoms with E-state index in [9.17, 15) is 48.3 Å². The van der Waals surface area contributed by atoms with Gasteiger partial charge in [-0.1, -0.05) is 0 Å². The lowest BCUT2D eigenvalue weighted by Crippen LogP contribution is -2.44. The first-order valence-electron chi connectivity index (χ1n) is 5.14. The summed E-state index contributed by atoms with van der Waals surface area (Å²) in [5.41, 5.74) is -3.60. The first-order chi connectivity index (χ1) is 9.58. The van der Waals surface area contributed by atoms with Crippen molar-refractivity contribution in [3.63, 3.8) is 0 Å². The van der Waals surface area contributed by atoms with Crippen LogP contribution in [0.4, 0.5) is 48.3 Å². The van der Waals surface area contributed by atoms with Gasteiger partial charge < -0.3 is 9.47 Å². The Morgan fingerprint density at radius 1 is 0.955 bits per heavy atom. The number of allylic oxidation sites excluding steroid dienone is 1.